The van der Waals surface area contributed by atoms with E-state index < -0.39 is 0 Å². The first-order valence-corrected chi connectivity index (χ1v) is 6.34. The lowest BCUT2D eigenvalue weighted by Gasteiger charge is -2.17. The first kappa shape index (κ1) is 13.2. The number of rotatable bonds is 5. The topological polar surface area (TPSA) is 54.4 Å². The lowest BCUT2D eigenvalue weighted by molar-refractivity contribution is 0.328. The smallest absolute Gasteiger partial charge is 0.237 e. The molecule has 19 heavy (non-hydrogen) atoms. The number of ether oxygens (including phenoxy) is 1. The van der Waals surface area contributed by atoms with Crippen LogP contribution in [0.2, 0.25) is 0 Å². The molecule has 100 valence electrons. The highest BCUT2D eigenvalue weighted by Crippen LogP contribution is 2.26. The Hall–Kier alpha value is -2.23. The second kappa shape index (κ2) is 6.09. The third kappa shape index (κ3) is 3.37. The fourth-order valence-electron chi connectivity index (χ4n) is 1.83. The van der Waals surface area contributed by atoms with Gasteiger partial charge in [-0.15, -0.1) is 0 Å². The SMILES string of the molecule is CCOc1ncccc1NC(C)c1ccc(O)cc1. The Morgan fingerprint density at radius 2 is 2.00 bits per heavy atom. The number of nitrogens with one attached hydrogen (secondary N) is 1. The summed E-state index contributed by atoms with van der Waals surface area (Å²) in [5.74, 6) is 0.878. The number of aromatic hydroxyl groups is 1. The molecule has 0 fully saturated rings. The number of hydrogen-bond donors (Lipinski definition) is 2. The second-order valence-electron chi connectivity index (χ2n) is 4.25. The van der Waals surface area contributed by atoms with Crippen molar-refractivity contribution in [2.75, 3.05) is 11.9 Å². The van der Waals surface area contributed by atoms with E-state index in [9.17, 15) is 5.11 Å². The van der Waals surface area contributed by atoms with Crippen LogP contribution in [0.1, 0.15) is 25.5 Å². The minimum absolute atomic E-state index is 0.101. The minimum atomic E-state index is 0.101. The van der Waals surface area contributed by atoms with Gasteiger partial charge in [0.15, 0.2) is 0 Å². The van der Waals surface area contributed by atoms with E-state index in [1.165, 1.54) is 0 Å². The molecule has 1 heterocycles. The molecular formula is C15H18N2O2. The van der Waals surface area contributed by atoms with Gasteiger partial charge in [0.05, 0.1) is 12.3 Å². The van der Waals surface area contributed by atoms with Crippen molar-refractivity contribution in [2.45, 2.75) is 19.9 Å². The van der Waals surface area contributed by atoms with Crippen LogP contribution < -0.4 is 10.1 Å². The van der Waals surface area contributed by atoms with Crippen LogP contribution in [0.25, 0.3) is 0 Å². The number of aromatic nitrogens is 1. The maximum atomic E-state index is 9.29. The molecule has 4 heteroatoms. The molecular weight excluding hydrogens is 240 g/mol. The van der Waals surface area contributed by atoms with Gasteiger partial charge in [0.2, 0.25) is 5.88 Å². The van der Waals surface area contributed by atoms with Gasteiger partial charge in [0.25, 0.3) is 0 Å². The van der Waals surface area contributed by atoms with Crippen LogP contribution in [0.15, 0.2) is 42.6 Å². The summed E-state index contributed by atoms with van der Waals surface area (Å²) in [6.45, 7) is 4.57. The monoisotopic (exact) mass is 258 g/mol. The molecule has 1 aromatic carbocycles. The predicted molar refractivity (Wildman–Crippen MR) is 75.6 cm³/mol. The third-order valence-corrected chi connectivity index (χ3v) is 2.82. The number of benzene rings is 1. The summed E-state index contributed by atoms with van der Waals surface area (Å²) in [5.41, 5.74) is 1.95. The van der Waals surface area contributed by atoms with Gasteiger partial charge in [-0.2, -0.15) is 0 Å². The highest BCUT2D eigenvalue weighted by Gasteiger charge is 2.09. The van der Waals surface area contributed by atoms with Gasteiger partial charge in [-0.1, -0.05) is 12.1 Å². The van der Waals surface area contributed by atoms with Crippen molar-refractivity contribution in [1.29, 1.82) is 0 Å². The van der Waals surface area contributed by atoms with Crippen molar-refractivity contribution >= 4 is 5.69 Å². The van der Waals surface area contributed by atoms with Crippen LogP contribution >= 0.6 is 0 Å². The summed E-state index contributed by atoms with van der Waals surface area (Å²) in [5, 5.41) is 12.7. The van der Waals surface area contributed by atoms with Crippen LogP contribution in [0.5, 0.6) is 11.6 Å². The van der Waals surface area contributed by atoms with Crippen molar-refractivity contribution in [2.24, 2.45) is 0 Å². The third-order valence-electron chi connectivity index (χ3n) is 2.82. The van der Waals surface area contributed by atoms with Gasteiger partial charge >= 0.3 is 0 Å². The molecule has 0 aliphatic rings. The van der Waals surface area contributed by atoms with Gasteiger partial charge < -0.3 is 15.2 Å². The van der Waals surface area contributed by atoms with E-state index in [0.717, 1.165) is 11.3 Å². The summed E-state index contributed by atoms with van der Waals surface area (Å²) in [7, 11) is 0. The zero-order valence-electron chi connectivity index (χ0n) is 11.1. The zero-order valence-corrected chi connectivity index (χ0v) is 11.1. The van der Waals surface area contributed by atoms with Crippen LogP contribution in [0.3, 0.4) is 0 Å². The quantitative estimate of drug-likeness (QED) is 0.863. The molecule has 0 saturated carbocycles. The number of phenols is 1. The zero-order chi connectivity index (χ0) is 13.7. The fourth-order valence-corrected chi connectivity index (χ4v) is 1.83. The van der Waals surface area contributed by atoms with Crippen molar-refractivity contribution < 1.29 is 9.84 Å². The summed E-state index contributed by atoms with van der Waals surface area (Å²) < 4.78 is 5.48. The minimum Gasteiger partial charge on any atom is -0.508 e. The predicted octanol–water partition coefficient (Wildman–Crippen LogP) is 3.36. The molecule has 0 saturated heterocycles. The van der Waals surface area contributed by atoms with Crippen LogP contribution in [0, 0.1) is 0 Å². The average Bonchev–Trinajstić information content (AvgIpc) is 2.42. The lowest BCUT2D eigenvalue weighted by Crippen LogP contribution is -2.08. The van der Waals surface area contributed by atoms with Crippen molar-refractivity contribution in [3.63, 3.8) is 0 Å². The molecule has 1 aromatic heterocycles. The highest BCUT2D eigenvalue weighted by atomic mass is 16.5. The fraction of sp³-hybridized carbons (Fsp3) is 0.267. The molecule has 0 amide bonds. The van der Waals surface area contributed by atoms with Gasteiger partial charge in [0.1, 0.15) is 5.75 Å². The first-order chi connectivity index (χ1) is 9.20. The van der Waals surface area contributed by atoms with Crippen molar-refractivity contribution in [1.82, 2.24) is 4.98 Å². The van der Waals surface area contributed by atoms with Gasteiger partial charge in [-0.3, -0.25) is 0 Å². The Labute approximate surface area is 113 Å². The summed E-state index contributed by atoms with van der Waals surface area (Å²) in [6, 6.07) is 11.1. The highest BCUT2D eigenvalue weighted by molar-refractivity contribution is 5.53. The second-order valence-corrected chi connectivity index (χ2v) is 4.25. The van der Waals surface area contributed by atoms with Crippen LogP contribution in [-0.4, -0.2) is 16.7 Å². The maximum Gasteiger partial charge on any atom is 0.237 e. The Kier molecular flexibility index (Phi) is 4.23. The molecule has 0 bridgehead atoms. The molecule has 2 rings (SSSR count). The van der Waals surface area contributed by atoms with Crippen LogP contribution in [0.4, 0.5) is 5.69 Å². The molecule has 0 aliphatic carbocycles. The Balaban J connectivity index is 2.14. The van der Waals surface area contributed by atoms with Crippen molar-refractivity contribution in [3.8, 4) is 11.6 Å². The molecule has 1 atom stereocenters. The molecule has 2 aromatic rings. The number of hydrogen-bond acceptors (Lipinski definition) is 4. The number of nitrogens with zero attached hydrogens (tertiary/aromatic N) is 1. The molecule has 1 unspecified atom stereocenters. The Morgan fingerprint density at radius 3 is 2.68 bits per heavy atom. The van der Waals surface area contributed by atoms with Gasteiger partial charge in [0, 0.05) is 12.2 Å². The normalized spacial score (nSPS) is 11.9. The van der Waals surface area contributed by atoms with E-state index in [0.29, 0.717) is 12.5 Å². The maximum absolute atomic E-state index is 9.29. The number of phenolic OH excluding ortho intramolecular Hbond substituents is 1. The summed E-state index contributed by atoms with van der Waals surface area (Å²) in [4.78, 5) is 4.20. The number of pyridine rings is 1. The van der Waals surface area contributed by atoms with Crippen molar-refractivity contribution in [3.05, 3.63) is 48.2 Å². The van der Waals surface area contributed by atoms with E-state index in [4.69, 9.17) is 4.74 Å². The van der Waals surface area contributed by atoms with E-state index in [-0.39, 0.29) is 11.8 Å². The molecule has 0 aliphatic heterocycles. The molecule has 0 spiro atoms. The van der Waals surface area contributed by atoms with Gasteiger partial charge in [-0.25, -0.2) is 4.98 Å². The van der Waals surface area contributed by atoms with Crippen LogP contribution in [-0.2, 0) is 0 Å². The molecule has 4 nitrogen and oxygen atoms in total. The summed E-state index contributed by atoms with van der Waals surface area (Å²) in [6.07, 6.45) is 1.71. The Morgan fingerprint density at radius 1 is 1.26 bits per heavy atom. The number of anilines is 1. The average molecular weight is 258 g/mol. The van der Waals surface area contributed by atoms with E-state index >= 15 is 0 Å². The lowest BCUT2D eigenvalue weighted by atomic mass is 10.1. The molecule has 2 N–H and O–H groups in total. The largest absolute Gasteiger partial charge is 0.508 e. The van der Waals surface area contributed by atoms with E-state index in [1.807, 2.05) is 31.2 Å². The summed E-state index contributed by atoms with van der Waals surface area (Å²) >= 11 is 0. The first-order valence-electron chi connectivity index (χ1n) is 6.34. The van der Waals surface area contributed by atoms with E-state index in [1.54, 1.807) is 18.3 Å². The van der Waals surface area contributed by atoms with Gasteiger partial charge in [-0.05, 0) is 43.7 Å². The Bertz CT molecular complexity index is 526. The molecule has 0 radical (unpaired) electrons. The van der Waals surface area contributed by atoms with E-state index in [2.05, 4.69) is 17.2 Å². The standard InChI is InChI=1S/C15H18N2O2/c1-3-19-15-14(5-4-10-16-15)17-11(2)12-6-8-13(18)9-7-12/h4-11,17-18H,3H2,1-2H3.